The lowest BCUT2D eigenvalue weighted by Gasteiger charge is -2.08. The van der Waals surface area contributed by atoms with Crippen LogP contribution in [0.2, 0.25) is 5.02 Å². The standard InChI is InChI=1S/C15H21ClN4O/c1-4-13-15(16)14(20(5-2)19-13)10-21-12-7-6-11(8-17-3)18-9-12/h6-7,9,17H,4-5,8,10H2,1-3H3. The average molecular weight is 309 g/mol. The molecular weight excluding hydrogens is 288 g/mol. The van der Waals surface area contributed by atoms with Gasteiger partial charge in [-0.05, 0) is 32.5 Å². The van der Waals surface area contributed by atoms with Crippen LogP contribution >= 0.6 is 11.6 Å². The molecule has 6 heteroatoms. The first-order valence-electron chi connectivity index (χ1n) is 7.15. The molecule has 0 fully saturated rings. The second-order valence-electron chi connectivity index (χ2n) is 4.68. The van der Waals surface area contributed by atoms with Crippen molar-refractivity contribution in [2.24, 2.45) is 0 Å². The molecule has 1 N–H and O–H groups in total. The molecule has 0 bridgehead atoms. The Bertz CT molecular complexity index is 580. The SMILES string of the molecule is CCc1nn(CC)c(COc2ccc(CNC)nc2)c1Cl. The summed E-state index contributed by atoms with van der Waals surface area (Å²) in [7, 11) is 1.89. The molecule has 0 aromatic carbocycles. The number of hydrogen-bond acceptors (Lipinski definition) is 4. The van der Waals surface area contributed by atoms with E-state index in [4.69, 9.17) is 16.3 Å². The van der Waals surface area contributed by atoms with Gasteiger partial charge < -0.3 is 10.1 Å². The minimum atomic E-state index is 0.396. The van der Waals surface area contributed by atoms with Crippen molar-refractivity contribution in [1.29, 1.82) is 0 Å². The quantitative estimate of drug-likeness (QED) is 0.854. The maximum atomic E-state index is 6.35. The fourth-order valence-corrected chi connectivity index (χ4v) is 2.41. The van der Waals surface area contributed by atoms with Crippen molar-refractivity contribution in [3.63, 3.8) is 0 Å². The predicted octanol–water partition coefficient (Wildman–Crippen LogP) is 2.81. The second kappa shape index (κ2) is 7.43. The first-order valence-corrected chi connectivity index (χ1v) is 7.53. The third-order valence-corrected chi connectivity index (χ3v) is 3.66. The van der Waals surface area contributed by atoms with Gasteiger partial charge in [-0.1, -0.05) is 18.5 Å². The van der Waals surface area contributed by atoms with Crippen LogP contribution in [0.3, 0.4) is 0 Å². The first-order chi connectivity index (χ1) is 10.2. The summed E-state index contributed by atoms with van der Waals surface area (Å²) < 4.78 is 7.67. The van der Waals surface area contributed by atoms with E-state index in [1.807, 2.05) is 37.7 Å². The molecule has 2 aromatic heterocycles. The molecule has 0 radical (unpaired) electrons. The molecular formula is C15H21ClN4O. The van der Waals surface area contributed by atoms with Crippen molar-refractivity contribution in [3.8, 4) is 5.75 Å². The van der Waals surface area contributed by atoms with Crippen LogP contribution < -0.4 is 10.1 Å². The molecule has 0 amide bonds. The van der Waals surface area contributed by atoms with E-state index in [1.165, 1.54) is 0 Å². The number of pyridine rings is 1. The molecule has 5 nitrogen and oxygen atoms in total. The van der Waals surface area contributed by atoms with Gasteiger partial charge in [-0.3, -0.25) is 9.67 Å². The lowest BCUT2D eigenvalue weighted by molar-refractivity contribution is 0.291. The Morgan fingerprint density at radius 2 is 2.14 bits per heavy atom. The van der Waals surface area contributed by atoms with Gasteiger partial charge in [0.05, 0.1) is 28.3 Å². The van der Waals surface area contributed by atoms with E-state index >= 15 is 0 Å². The molecule has 2 heterocycles. The summed E-state index contributed by atoms with van der Waals surface area (Å²) in [6.07, 6.45) is 2.55. The molecule has 0 saturated carbocycles. The first kappa shape index (κ1) is 15.8. The summed E-state index contributed by atoms with van der Waals surface area (Å²) in [5.41, 5.74) is 2.81. The maximum absolute atomic E-state index is 6.35. The molecule has 0 saturated heterocycles. The van der Waals surface area contributed by atoms with Gasteiger partial charge in [-0.15, -0.1) is 0 Å². The topological polar surface area (TPSA) is 52.0 Å². The Kier molecular flexibility index (Phi) is 5.59. The molecule has 2 aromatic rings. The molecule has 0 aliphatic carbocycles. The van der Waals surface area contributed by atoms with E-state index in [0.717, 1.165) is 42.3 Å². The van der Waals surface area contributed by atoms with E-state index in [1.54, 1.807) is 6.20 Å². The van der Waals surface area contributed by atoms with Crippen LogP contribution in [-0.2, 0) is 26.1 Å². The normalized spacial score (nSPS) is 10.9. The number of nitrogens with zero attached hydrogens (tertiary/aromatic N) is 3. The van der Waals surface area contributed by atoms with Crippen LogP contribution in [0.25, 0.3) is 0 Å². The minimum Gasteiger partial charge on any atom is -0.486 e. The van der Waals surface area contributed by atoms with Crippen molar-refractivity contribution < 1.29 is 4.74 Å². The molecule has 21 heavy (non-hydrogen) atoms. The Morgan fingerprint density at radius 3 is 2.71 bits per heavy atom. The minimum absolute atomic E-state index is 0.396. The highest BCUT2D eigenvalue weighted by atomic mass is 35.5. The lowest BCUT2D eigenvalue weighted by atomic mass is 10.3. The fraction of sp³-hybridized carbons (Fsp3) is 0.467. The number of rotatable bonds is 7. The summed E-state index contributed by atoms with van der Waals surface area (Å²) in [6, 6.07) is 3.86. The summed E-state index contributed by atoms with van der Waals surface area (Å²) in [5.74, 6) is 0.729. The van der Waals surface area contributed by atoms with Gasteiger partial charge in [-0.25, -0.2) is 0 Å². The number of ether oxygens (including phenoxy) is 1. The van der Waals surface area contributed by atoms with Crippen LogP contribution in [0.1, 0.15) is 30.9 Å². The third kappa shape index (κ3) is 3.74. The van der Waals surface area contributed by atoms with E-state index in [9.17, 15) is 0 Å². The molecule has 0 aliphatic rings. The number of halogens is 1. The predicted molar refractivity (Wildman–Crippen MR) is 83.6 cm³/mol. The van der Waals surface area contributed by atoms with Crippen LogP contribution in [0.4, 0.5) is 0 Å². The van der Waals surface area contributed by atoms with E-state index in [0.29, 0.717) is 11.6 Å². The monoisotopic (exact) mass is 308 g/mol. The Balaban J connectivity index is 2.07. The van der Waals surface area contributed by atoms with Gasteiger partial charge in [0.2, 0.25) is 0 Å². The summed E-state index contributed by atoms with van der Waals surface area (Å²) in [4.78, 5) is 4.32. The van der Waals surface area contributed by atoms with Gasteiger partial charge in [0.25, 0.3) is 0 Å². The molecule has 0 aliphatic heterocycles. The average Bonchev–Trinajstić information content (AvgIpc) is 2.82. The summed E-state index contributed by atoms with van der Waals surface area (Å²) >= 11 is 6.35. The highest BCUT2D eigenvalue weighted by molar-refractivity contribution is 6.31. The fourth-order valence-electron chi connectivity index (χ4n) is 2.09. The van der Waals surface area contributed by atoms with Crippen molar-refractivity contribution >= 4 is 11.6 Å². The highest BCUT2D eigenvalue weighted by Crippen LogP contribution is 2.23. The van der Waals surface area contributed by atoms with Gasteiger partial charge in [-0.2, -0.15) is 5.10 Å². The van der Waals surface area contributed by atoms with Crippen LogP contribution in [0, 0.1) is 0 Å². The molecule has 2 rings (SSSR count). The lowest BCUT2D eigenvalue weighted by Crippen LogP contribution is -2.08. The van der Waals surface area contributed by atoms with Gasteiger partial charge in [0.1, 0.15) is 12.4 Å². The Labute approximate surface area is 130 Å². The summed E-state index contributed by atoms with van der Waals surface area (Å²) in [5, 5.41) is 8.25. The van der Waals surface area contributed by atoms with E-state index < -0.39 is 0 Å². The van der Waals surface area contributed by atoms with Crippen LogP contribution in [0.15, 0.2) is 18.3 Å². The zero-order valence-electron chi connectivity index (χ0n) is 12.7. The van der Waals surface area contributed by atoms with Gasteiger partial charge in [0.15, 0.2) is 0 Å². The van der Waals surface area contributed by atoms with Crippen LogP contribution in [-0.4, -0.2) is 21.8 Å². The van der Waals surface area contributed by atoms with Crippen molar-refractivity contribution in [1.82, 2.24) is 20.1 Å². The molecule has 0 unspecified atom stereocenters. The summed E-state index contributed by atoms with van der Waals surface area (Å²) in [6.45, 7) is 6.00. The zero-order chi connectivity index (χ0) is 15.2. The molecule has 0 atom stereocenters. The van der Waals surface area contributed by atoms with Crippen molar-refractivity contribution in [2.75, 3.05) is 7.05 Å². The highest BCUT2D eigenvalue weighted by Gasteiger charge is 2.14. The second-order valence-corrected chi connectivity index (χ2v) is 5.06. The molecule has 114 valence electrons. The Morgan fingerprint density at radius 1 is 1.33 bits per heavy atom. The van der Waals surface area contributed by atoms with Crippen molar-refractivity contribution in [3.05, 3.63) is 40.4 Å². The van der Waals surface area contributed by atoms with Gasteiger partial charge >= 0.3 is 0 Å². The van der Waals surface area contributed by atoms with Crippen molar-refractivity contribution in [2.45, 2.75) is 40.0 Å². The van der Waals surface area contributed by atoms with E-state index in [-0.39, 0.29) is 0 Å². The van der Waals surface area contributed by atoms with Gasteiger partial charge in [0, 0.05) is 13.1 Å². The Hall–Kier alpha value is -1.59. The number of hydrogen-bond donors (Lipinski definition) is 1. The third-order valence-electron chi connectivity index (χ3n) is 3.23. The maximum Gasteiger partial charge on any atom is 0.138 e. The molecule has 0 spiro atoms. The largest absolute Gasteiger partial charge is 0.486 e. The number of aromatic nitrogens is 3. The zero-order valence-corrected chi connectivity index (χ0v) is 13.4. The van der Waals surface area contributed by atoms with E-state index in [2.05, 4.69) is 15.4 Å². The smallest absolute Gasteiger partial charge is 0.138 e. The van der Waals surface area contributed by atoms with Crippen LogP contribution in [0.5, 0.6) is 5.75 Å². The number of aryl methyl sites for hydroxylation is 2. The number of nitrogens with one attached hydrogen (secondary N) is 1.